The molecule has 0 spiro atoms. The normalized spacial score (nSPS) is 12.9. The van der Waals surface area contributed by atoms with Gasteiger partial charge in [0, 0.05) is 7.05 Å². The number of aliphatic carboxylic acids is 1. The van der Waals surface area contributed by atoms with Crippen LogP contribution in [0, 0.1) is 0 Å². The van der Waals surface area contributed by atoms with Crippen LogP contribution in [-0.2, 0) is 9.53 Å². The van der Waals surface area contributed by atoms with Crippen LogP contribution in [-0.4, -0.2) is 40.8 Å². The maximum atomic E-state index is 11.8. The van der Waals surface area contributed by atoms with Gasteiger partial charge in [0.25, 0.3) is 0 Å². The van der Waals surface area contributed by atoms with Gasteiger partial charge in [-0.3, -0.25) is 4.90 Å². The minimum Gasteiger partial charge on any atom is -0.480 e. The Balaban J connectivity index is 4.51. The van der Waals surface area contributed by atoms with Gasteiger partial charge in [0.2, 0.25) is 0 Å². The molecule has 106 valence electrons. The highest BCUT2D eigenvalue weighted by molar-refractivity contribution is 5.79. The maximum Gasteiger partial charge on any atom is 0.410 e. The fourth-order valence-corrected chi connectivity index (χ4v) is 1.53. The van der Waals surface area contributed by atoms with Gasteiger partial charge in [-0.1, -0.05) is 26.2 Å². The number of unbranched alkanes of at least 4 members (excludes halogenated alkanes) is 2. The molecule has 0 unspecified atom stereocenters. The summed E-state index contributed by atoms with van der Waals surface area (Å²) in [5.74, 6) is -0.987. The lowest BCUT2D eigenvalue weighted by atomic mass is 10.1. The second-order valence-corrected chi connectivity index (χ2v) is 5.44. The number of ether oxygens (including phenoxy) is 1. The molecule has 5 nitrogen and oxygen atoms in total. The lowest BCUT2D eigenvalue weighted by Gasteiger charge is -2.28. The minimum atomic E-state index is -0.987. The van der Waals surface area contributed by atoms with Gasteiger partial charge in [-0.25, -0.2) is 9.59 Å². The molecule has 0 aliphatic rings. The van der Waals surface area contributed by atoms with E-state index in [0.29, 0.717) is 6.42 Å². The van der Waals surface area contributed by atoms with Crippen LogP contribution < -0.4 is 0 Å². The Kier molecular flexibility index (Phi) is 6.73. The third kappa shape index (κ3) is 6.47. The lowest BCUT2D eigenvalue weighted by Crippen LogP contribution is -2.44. The molecule has 0 saturated carbocycles. The highest BCUT2D eigenvalue weighted by Gasteiger charge is 2.29. The Labute approximate surface area is 109 Å². The zero-order valence-corrected chi connectivity index (χ0v) is 12.0. The molecule has 18 heavy (non-hydrogen) atoms. The molecule has 0 aromatic carbocycles. The molecule has 1 N–H and O–H groups in total. The Hall–Kier alpha value is -1.26. The quantitative estimate of drug-likeness (QED) is 0.745. The van der Waals surface area contributed by atoms with E-state index in [9.17, 15) is 9.59 Å². The highest BCUT2D eigenvalue weighted by atomic mass is 16.6. The van der Waals surface area contributed by atoms with Crippen LogP contribution in [0.4, 0.5) is 4.79 Å². The van der Waals surface area contributed by atoms with E-state index < -0.39 is 23.7 Å². The van der Waals surface area contributed by atoms with Crippen molar-refractivity contribution in [3.8, 4) is 0 Å². The Bertz CT molecular complexity index is 283. The number of likely N-dealkylation sites (N-methyl/N-ethyl adjacent to an activating group) is 1. The Morgan fingerprint density at radius 1 is 1.28 bits per heavy atom. The van der Waals surface area contributed by atoms with Crippen LogP contribution in [0.1, 0.15) is 53.4 Å². The molecule has 0 aliphatic heterocycles. The number of carbonyl (C=O) groups excluding carboxylic acids is 1. The number of nitrogens with zero attached hydrogens (tertiary/aromatic N) is 1. The van der Waals surface area contributed by atoms with E-state index in [1.807, 2.05) is 6.92 Å². The number of carboxylic acid groups (broad SMARTS) is 1. The number of hydrogen-bond donors (Lipinski definition) is 1. The molecule has 5 heteroatoms. The third-order valence-electron chi connectivity index (χ3n) is 2.52. The van der Waals surface area contributed by atoms with Crippen molar-refractivity contribution in [1.82, 2.24) is 4.90 Å². The highest BCUT2D eigenvalue weighted by Crippen LogP contribution is 2.14. The van der Waals surface area contributed by atoms with Gasteiger partial charge in [-0.05, 0) is 27.2 Å². The van der Waals surface area contributed by atoms with Crippen molar-refractivity contribution in [2.45, 2.75) is 65.0 Å². The number of hydrogen-bond acceptors (Lipinski definition) is 3. The van der Waals surface area contributed by atoms with Crippen molar-refractivity contribution in [3.05, 3.63) is 0 Å². The predicted octanol–water partition coefficient (Wildman–Crippen LogP) is 2.89. The van der Waals surface area contributed by atoms with Gasteiger partial charge in [0.1, 0.15) is 11.6 Å². The van der Waals surface area contributed by atoms with Gasteiger partial charge in [-0.2, -0.15) is 0 Å². The average Bonchev–Trinajstić information content (AvgIpc) is 2.20. The number of carboxylic acids is 1. The summed E-state index contributed by atoms with van der Waals surface area (Å²) < 4.78 is 5.16. The summed E-state index contributed by atoms with van der Waals surface area (Å²) in [6.07, 6.45) is 2.64. The molecule has 0 bridgehead atoms. The van der Waals surface area contributed by atoms with Gasteiger partial charge >= 0.3 is 12.1 Å². The molecule has 0 saturated heterocycles. The average molecular weight is 259 g/mol. The second-order valence-electron chi connectivity index (χ2n) is 5.44. The van der Waals surface area contributed by atoms with E-state index in [0.717, 1.165) is 19.3 Å². The summed E-state index contributed by atoms with van der Waals surface area (Å²) in [6.45, 7) is 7.32. The summed E-state index contributed by atoms with van der Waals surface area (Å²) in [6, 6.07) is -0.814. The van der Waals surface area contributed by atoms with E-state index >= 15 is 0 Å². The van der Waals surface area contributed by atoms with E-state index in [2.05, 4.69) is 0 Å². The second kappa shape index (κ2) is 7.24. The molecule has 0 aliphatic carbocycles. The first-order chi connectivity index (χ1) is 8.19. The number of carbonyl (C=O) groups is 2. The summed E-state index contributed by atoms with van der Waals surface area (Å²) in [4.78, 5) is 24.1. The van der Waals surface area contributed by atoms with E-state index in [1.54, 1.807) is 20.8 Å². The van der Waals surface area contributed by atoms with Gasteiger partial charge in [0.15, 0.2) is 0 Å². The van der Waals surface area contributed by atoms with Crippen molar-refractivity contribution in [3.63, 3.8) is 0 Å². The summed E-state index contributed by atoms with van der Waals surface area (Å²) >= 11 is 0. The summed E-state index contributed by atoms with van der Waals surface area (Å²) in [5.41, 5.74) is -0.613. The topological polar surface area (TPSA) is 66.8 Å². The fraction of sp³-hybridized carbons (Fsp3) is 0.846. The van der Waals surface area contributed by atoms with Crippen LogP contribution in [0.2, 0.25) is 0 Å². The minimum absolute atomic E-state index is 0.457. The molecular weight excluding hydrogens is 234 g/mol. The molecule has 0 fully saturated rings. The summed E-state index contributed by atoms with van der Waals surface area (Å²) in [5, 5.41) is 9.14. The molecule has 0 rings (SSSR count). The van der Waals surface area contributed by atoms with E-state index in [1.165, 1.54) is 11.9 Å². The monoisotopic (exact) mass is 259 g/mol. The van der Waals surface area contributed by atoms with Crippen LogP contribution in [0.3, 0.4) is 0 Å². The number of rotatable bonds is 6. The first-order valence-corrected chi connectivity index (χ1v) is 6.37. The predicted molar refractivity (Wildman–Crippen MR) is 69.6 cm³/mol. The van der Waals surface area contributed by atoms with Crippen molar-refractivity contribution in [2.24, 2.45) is 0 Å². The summed E-state index contributed by atoms with van der Waals surface area (Å²) in [7, 11) is 1.47. The smallest absolute Gasteiger partial charge is 0.410 e. The van der Waals surface area contributed by atoms with Gasteiger partial charge in [-0.15, -0.1) is 0 Å². The first kappa shape index (κ1) is 16.7. The van der Waals surface area contributed by atoms with Gasteiger partial charge < -0.3 is 9.84 Å². The maximum absolute atomic E-state index is 11.8. The van der Waals surface area contributed by atoms with Crippen molar-refractivity contribution in [2.75, 3.05) is 7.05 Å². The first-order valence-electron chi connectivity index (χ1n) is 6.37. The fourth-order valence-electron chi connectivity index (χ4n) is 1.53. The van der Waals surface area contributed by atoms with Crippen LogP contribution in [0.25, 0.3) is 0 Å². The molecule has 0 radical (unpaired) electrons. The molecule has 0 heterocycles. The molecule has 0 aromatic heterocycles. The van der Waals surface area contributed by atoms with E-state index in [4.69, 9.17) is 9.84 Å². The molecule has 1 atom stereocenters. The van der Waals surface area contributed by atoms with Crippen molar-refractivity contribution < 1.29 is 19.4 Å². The Morgan fingerprint density at radius 2 is 1.83 bits per heavy atom. The van der Waals surface area contributed by atoms with Crippen molar-refractivity contribution in [1.29, 1.82) is 0 Å². The Morgan fingerprint density at radius 3 is 2.22 bits per heavy atom. The van der Waals surface area contributed by atoms with Crippen LogP contribution in [0.5, 0.6) is 0 Å². The van der Waals surface area contributed by atoms with Gasteiger partial charge in [0.05, 0.1) is 0 Å². The molecule has 1 amide bonds. The molecular formula is C13H25NO4. The molecule has 0 aromatic rings. The third-order valence-corrected chi connectivity index (χ3v) is 2.52. The zero-order chi connectivity index (χ0) is 14.3. The largest absolute Gasteiger partial charge is 0.480 e. The van der Waals surface area contributed by atoms with Crippen molar-refractivity contribution >= 4 is 12.1 Å². The van der Waals surface area contributed by atoms with Crippen LogP contribution in [0.15, 0.2) is 0 Å². The SMILES string of the molecule is CCCCC[C@H](C(=O)O)N(C)C(=O)OC(C)(C)C. The zero-order valence-electron chi connectivity index (χ0n) is 12.0. The van der Waals surface area contributed by atoms with E-state index in [-0.39, 0.29) is 0 Å². The standard InChI is InChI=1S/C13H25NO4/c1-6-7-8-9-10(11(15)16)14(5)12(17)18-13(2,3)4/h10H,6-9H2,1-5H3,(H,15,16)/t10-/m1/s1. The number of amides is 1. The van der Waals surface area contributed by atoms with Crippen LogP contribution >= 0.6 is 0 Å². The lowest BCUT2D eigenvalue weighted by molar-refractivity contribution is -0.143.